The van der Waals surface area contributed by atoms with Gasteiger partial charge in [0, 0.05) is 18.7 Å². The molecule has 7 heteroatoms. The highest BCUT2D eigenvalue weighted by atomic mass is 35.5. The Morgan fingerprint density at radius 1 is 1.41 bits per heavy atom. The summed E-state index contributed by atoms with van der Waals surface area (Å²) in [5.41, 5.74) is 6.03. The Labute approximate surface area is 104 Å². The lowest BCUT2D eigenvalue weighted by Gasteiger charge is -2.08. The molecule has 0 aromatic heterocycles. The first-order valence-corrected chi connectivity index (χ1v) is 4.70. The van der Waals surface area contributed by atoms with Gasteiger partial charge in [-0.3, -0.25) is 14.9 Å². The minimum absolute atomic E-state index is 0. The average molecular weight is 261 g/mol. The molecule has 1 aromatic carbocycles. The first kappa shape index (κ1) is 15.3. The minimum Gasteiger partial charge on any atom is -0.481 e. The number of hydrogen-bond acceptors (Lipinski definition) is 4. The largest absolute Gasteiger partial charge is 0.481 e. The Morgan fingerprint density at radius 3 is 2.29 bits per heavy atom. The molecule has 0 heterocycles. The fourth-order valence-corrected chi connectivity index (χ4v) is 1.31. The number of aliphatic carboxylic acids is 1. The van der Waals surface area contributed by atoms with Gasteiger partial charge in [-0.05, 0) is 12.0 Å². The summed E-state index contributed by atoms with van der Waals surface area (Å²) in [6.45, 7) is 0.0479. The first-order valence-electron chi connectivity index (χ1n) is 4.70. The van der Waals surface area contributed by atoms with Gasteiger partial charge < -0.3 is 10.8 Å². The summed E-state index contributed by atoms with van der Waals surface area (Å²) in [6, 6.07) is 5.79. The van der Waals surface area contributed by atoms with Crippen molar-refractivity contribution in [3.8, 4) is 0 Å². The van der Waals surface area contributed by atoms with Gasteiger partial charge in [-0.25, -0.2) is 0 Å². The van der Waals surface area contributed by atoms with Gasteiger partial charge in [0.1, 0.15) is 0 Å². The number of rotatable bonds is 5. The van der Waals surface area contributed by atoms with Crippen LogP contribution in [0.3, 0.4) is 0 Å². The molecule has 17 heavy (non-hydrogen) atoms. The molecule has 0 aliphatic rings. The number of nitrogens with zero attached hydrogens (tertiary/aromatic N) is 1. The van der Waals surface area contributed by atoms with E-state index in [1.54, 1.807) is 12.1 Å². The van der Waals surface area contributed by atoms with Crippen molar-refractivity contribution >= 4 is 24.1 Å². The summed E-state index contributed by atoms with van der Waals surface area (Å²) < 4.78 is 0. The lowest BCUT2D eigenvalue weighted by Crippen LogP contribution is -2.25. The van der Waals surface area contributed by atoms with E-state index in [4.69, 9.17) is 10.8 Å². The maximum absolute atomic E-state index is 10.7. The molecule has 0 amide bonds. The van der Waals surface area contributed by atoms with Gasteiger partial charge in [0.15, 0.2) is 0 Å². The fourth-order valence-electron chi connectivity index (χ4n) is 1.31. The number of carboxylic acid groups (broad SMARTS) is 1. The maximum atomic E-state index is 10.7. The van der Waals surface area contributed by atoms with E-state index in [-0.39, 0.29) is 31.1 Å². The summed E-state index contributed by atoms with van der Waals surface area (Å²) >= 11 is 0. The topological polar surface area (TPSA) is 106 Å². The van der Waals surface area contributed by atoms with Crippen molar-refractivity contribution in [1.29, 1.82) is 0 Å². The Balaban J connectivity index is 0.00000256. The van der Waals surface area contributed by atoms with E-state index in [1.807, 2.05) is 0 Å². The van der Waals surface area contributed by atoms with Crippen LogP contribution in [0.4, 0.5) is 5.69 Å². The zero-order valence-corrected chi connectivity index (χ0v) is 9.72. The third kappa shape index (κ3) is 4.38. The molecule has 1 rings (SSSR count). The van der Waals surface area contributed by atoms with Gasteiger partial charge >= 0.3 is 5.97 Å². The monoisotopic (exact) mass is 260 g/mol. The molecule has 0 saturated heterocycles. The first-order chi connectivity index (χ1) is 7.54. The van der Waals surface area contributed by atoms with Crippen molar-refractivity contribution in [1.82, 2.24) is 0 Å². The zero-order valence-electron chi connectivity index (χ0n) is 8.91. The molecule has 0 bridgehead atoms. The Bertz CT molecular complexity index is 394. The van der Waals surface area contributed by atoms with Crippen molar-refractivity contribution in [2.45, 2.75) is 6.42 Å². The molecule has 0 fully saturated rings. The van der Waals surface area contributed by atoms with Gasteiger partial charge in [0.25, 0.3) is 5.69 Å². The number of nitrogens with two attached hydrogens (primary N) is 1. The van der Waals surface area contributed by atoms with E-state index in [9.17, 15) is 14.9 Å². The van der Waals surface area contributed by atoms with Crippen LogP contribution in [0.15, 0.2) is 24.3 Å². The molecule has 0 saturated carbocycles. The van der Waals surface area contributed by atoms with Crippen molar-refractivity contribution in [3.05, 3.63) is 39.9 Å². The van der Waals surface area contributed by atoms with Crippen LogP contribution in [0.25, 0.3) is 0 Å². The predicted octanol–water partition coefficient (Wildman–Crippen LogP) is 1.22. The van der Waals surface area contributed by atoms with E-state index >= 15 is 0 Å². The minimum atomic E-state index is -0.958. The second-order valence-electron chi connectivity index (χ2n) is 3.40. The molecule has 3 N–H and O–H groups in total. The smallest absolute Gasteiger partial charge is 0.308 e. The van der Waals surface area contributed by atoms with Crippen LogP contribution in [0, 0.1) is 16.0 Å². The van der Waals surface area contributed by atoms with Gasteiger partial charge in [0.2, 0.25) is 0 Å². The van der Waals surface area contributed by atoms with Crippen LogP contribution in [-0.2, 0) is 11.2 Å². The SMILES string of the molecule is Cl.NC[C@@H](Cc1ccc([N+](=O)[O-])cc1)C(=O)O. The van der Waals surface area contributed by atoms with E-state index < -0.39 is 16.8 Å². The molecule has 0 aliphatic carbocycles. The number of non-ortho nitro benzene ring substituents is 1. The average Bonchev–Trinajstić information content (AvgIpc) is 2.26. The molecule has 94 valence electrons. The van der Waals surface area contributed by atoms with Crippen molar-refractivity contribution in [3.63, 3.8) is 0 Å². The molecule has 1 aromatic rings. The van der Waals surface area contributed by atoms with Crippen LogP contribution < -0.4 is 5.73 Å². The lowest BCUT2D eigenvalue weighted by molar-refractivity contribution is -0.384. The summed E-state index contributed by atoms with van der Waals surface area (Å²) in [4.78, 5) is 20.6. The number of benzene rings is 1. The van der Waals surface area contributed by atoms with Crippen LogP contribution in [-0.4, -0.2) is 22.5 Å². The highest BCUT2D eigenvalue weighted by Gasteiger charge is 2.16. The van der Waals surface area contributed by atoms with Crippen LogP contribution in [0.2, 0.25) is 0 Å². The summed E-state index contributed by atoms with van der Waals surface area (Å²) in [6.07, 6.45) is 0.282. The van der Waals surface area contributed by atoms with E-state index in [1.165, 1.54) is 12.1 Å². The van der Waals surface area contributed by atoms with Crippen molar-refractivity contribution < 1.29 is 14.8 Å². The number of carboxylic acids is 1. The Hall–Kier alpha value is -1.66. The zero-order chi connectivity index (χ0) is 12.1. The number of nitro benzene ring substituents is 1. The molecular formula is C10H13ClN2O4. The number of nitro groups is 1. The van der Waals surface area contributed by atoms with Gasteiger partial charge in [-0.1, -0.05) is 12.1 Å². The van der Waals surface area contributed by atoms with E-state index in [0.717, 1.165) is 5.56 Å². The van der Waals surface area contributed by atoms with Crippen LogP contribution in [0.5, 0.6) is 0 Å². The summed E-state index contributed by atoms with van der Waals surface area (Å²) in [5.74, 6) is -1.61. The second kappa shape index (κ2) is 6.82. The van der Waals surface area contributed by atoms with Crippen molar-refractivity contribution in [2.75, 3.05) is 6.54 Å². The van der Waals surface area contributed by atoms with Gasteiger partial charge in [-0.2, -0.15) is 0 Å². The van der Waals surface area contributed by atoms with E-state index in [0.29, 0.717) is 0 Å². The lowest BCUT2D eigenvalue weighted by atomic mass is 9.99. The number of carbonyl (C=O) groups is 1. The number of hydrogen-bond donors (Lipinski definition) is 2. The fraction of sp³-hybridized carbons (Fsp3) is 0.300. The van der Waals surface area contributed by atoms with Crippen LogP contribution >= 0.6 is 12.4 Å². The standard InChI is InChI=1S/C10H12N2O4.ClH/c11-6-8(10(13)14)5-7-1-3-9(4-2-7)12(15)16;/h1-4,8H,5-6,11H2,(H,13,14);1H/t8-;/m1./s1. The Kier molecular flexibility index (Phi) is 6.16. The normalized spacial score (nSPS) is 11.4. The molecule has 1 atom stereocenters. The predicted molar refractivity (Wildman–Crippen MR) is 64.2 cm³/mol. The third-order valence-electron chi connectivity index (χ3n) is 2.26. The molecule has 6 nitrogen and oxygen atoms in total. The quantitative estimate of drug-likeness (QED) is 0.611. The van der Waals surface area contributed by atoms with Crippen molar-refractivity contribution in [2.24, 2.45) is 11.7 Å². The second-order valence-corrected chi connectivity index (χ2v) is 3.40. The van der Waals surface area contributed by atoms with Gasteiger partial charge in [-0.15, -0.1) is 12.4 Å². The summed E-state index contributed by atoms with van der Waals surface area (Å²) in [5, 5.41) is 19.2. The molecule has 0 spiro atoms. The van der Waals surface area contributed by atoms with Crippen LogP contribution in [0.1, 0.15) is 5.56 Å². The van der Waals surface area contributed by atoms with Gasteiger partial charge in [0.05, 0.1) is 10.8 Å². The molecule has 0 aliphatic heterocycles. The number of halogens is 1. The Morgan fingerprint density at radius 2 is 1.94 bits per heavy atom. The summed E-state index contributed by atoms with van der Waals surface area (Å²) in [7, 11) is 0. The molecular weight excluding hydrogens is 248 g/mol. The highest BCUT2D eigenvalue weighted by molar-refractivity contribution is 5.85. The third-order valence-corrected chi connectivity index (χ3v) is 2.26. The van der Waals surface area contributed by atoms with E-state index in [2.05, 4.69) is 0 Å². The molecule has 0 radical (unpaired) electrons. The maximum Gasteiger partial charge on any atom is 0.308 e. The highest BCUT2D eigenvalue weighted by Crippen LogP contribution is 2.14. The molecule has 0 unspecified atom stereocenters.